The molecule has 33 heavy (non-hydrogen) atoms. The molecule has 0 saturated carbocycles. The fraction of sp³-hybridized carbons (Fsp3) is 0.308. The summed E-state index contributed by atoms with van der Waals surface area (Å²) in [5.74, 6) is 0.147. The summed E-state index contributed by atoms with van der Waals surface area (Å²) in [5.41, 5.74) is 2.53. The van der Waals surface area contributed by atoms with Crippen molar-refractivity contribution in [2.75, 3.05) is 32.9 Å². The number of pyridine rings is 1. The average molecular weight is 447 g/mol. The van der Waals surface area contributed by atoms with Gasteiger partial charge in [0.05, 0.1) is 25.9 Å². The van der Waals surface area contributed by atoms with E-state index in [9.17, 15) is 9.90 Å². The molecule has 0 unspecified atom stereocenters. The first kappa shape index (κ1) is 21.4. The van der Waals surface area contributed by atoms with Crippen LogP contribution in [0.5, 0.6) is 5.75 Å². The summed E-state index contributed by atoms with van der Waals surface area (Å²) in [6.45, 7) is 6.34. The molecule has 4 aromatic rings. The summed E-state index contributed by atoms with van der Waals surface area (Å²) in [7, 11) is 0. The molecular weight excluding hydrogens is 420 g/mol. The Hall–Kier alpha value is -3.42. The second kappa shape index (κ2) is 8.84. The Morgan fingerprint density at radius 1 is 1.15 bits per heavy atom. The van der Waals surface area contributed by atoms with E-state index in [4.69, 9.17) is 13.9 Å². The van der Waals surface area contributed by atoms with Crippen LogP contribution >= 0.6 is 0 Å². The number of hydrogen-bond acceptors (Lipinski definition) is 7. The molecule has 7 nitrogen and oxygen atoms in total. The van der Waals surface area contributed by atoms with Gasteiger partial charge in [-0.15, -0.1) is 0 Å². The van der Waals surface area contributed by atoms with Crippen molar-refractivity contribution in [1.82, 2.24) is 9.88 Å². The number of rotatable bonds is 5. The van der Waals surface area contributed by atoms with Gasteiger partial charge in [-0.2, -0.15) is 0 Å². The van der Waals surface area contributed by atoms with Crippen LogP contribution in [0, 0.1) is 6.92 Å². The van der Waals surface area contributed by atoms with Gasteiger partial charge in [0.2, 0.25) is 0 Å². The molecule has 1 aliphatic heterocycles. The average Bonchev–Trinajstić information content (AvgIpc) is 3.20. The van der Waals surface area contributed by atoms with E-state index in [2.05, 4.69) is 9.88 Å². The third kappa shape index (κ3) is 3.63. The molecule has 3 heterocycles. The lowest BCUT2D eigenvalue weighted by atomic mass is 9.89. The molecule has 1 fully saturated rings. The van der Waals surface area contributed by atoms with E-state index in [1.165, 1.54) is 0 Å². The van der Waals surface area contributed by atoms with Gasteiger partial charge in [-0.25, -0.2) is 4.79 Å². The quantitative estimate of drug-likeness (QED) is 0.449. The van der Waals surface area contributed by atoms with Crippen LogP contribution in [0.2, 0.25) is 0 Å². The first-order chi connectivity index (χ1) is 16.1. The third-order valence-corrected chi connectivity index (χ3v) is 6.22. The highest BCUT2D eigenvalue weighted by Crippen LogP contribution is 2.47. The van der Waals surface area contributed by atoms with Crippen molar-refractivity contribution in [1.29, 1.82) is 0 Å². The Kier molecular flexibility index (Phi) is 5.74. The molecule has 1 atom stereocenters. The summed E-state index contributed by atoms with van der Waals surface area (Å²) in [4.78, 5) is 19.5. The number of benzene rings is 2. The van der Waals surface area contributed by atoms with Crippen molar-refractivity contribution in [2.24, 2.45) is 0 Å². The van der Waals surface area contributed by atoms with Gasteiger partial charge in [-0.05, 0) is 31.5 Å². The molecule has 170 valence electrons. The summed E-state index contributed by atoms with van der Waals surface area (Å²) < 4.78 is 17.2. The highest BCUT2D eigenvalue weighted by Gasteiger charge is 2.34. The SMILES string of the molecule is CCOC(=O)c1c(C)oc2c1c([C@@H](c1ccncc1)N1CCOCC1)c(O)c1ccccc12. The Morgan fingerprint density at radius 3 is 2.55 bits per heavy atom. The van der Waals surface area contributed by atoms with E-state index in [1.54, 1.807) is 26.2 Å². The number of furan rings is 1. The first-order valence-corrected chi connectivity index (χ1v) is 11.2. The van der Waals surface area contributed by atoms with Gasteiger partial charge >= 0.3 is 5.97 Å². The third-order valence-electron chi connectivity index (χ3n) is 6.22. The van der Waals surface area contributed by atoms with Gasteiger partial charge in [0.15, 0.2) is 0 Å². The molecule has 7 heteroatoms. The molecule has 0 amide bonds. The maximum Gasteiger partial charge on any atom is 0.342 e. The van der Waals surface area contributed by atoms with Gasteiger partial charge in [0, 0.05) is 47.2 Å². The van der Waals surface area contributed by atoms with Crippen molar-refractivity contribution in [3.05, 3.63) is 71.2 Å². The minimum atomic E-state index is -0.458. The van der Waals surface area contributed by atoms with E-state index >= 15 is 0 Å². The lowest BCUT2D eigenvalue weighted by molar-refractivity contribution is 0.0238. The number of fused-ring (bicyclic) bond motifs is 3. The van der Waals surface area contributed by atoms with Crippen molar-refractivity contribution < 1.29 is 23.8 Å². The van der Waals surface area contributed by atoms with Crippen LogP contribution in [-0.4, -0.2) is 53.9 Å². The van der Waals surface area contributed by atoms with Gasteiger partial charge in [-0.1, -0.05) is 24.3 Å². The highest BCUT2D eigenvalue weighted by molar-refractivity contribution is 6.16. The maximum atomic E-state index is 13.1. The topological polar surface area (TPSA) is 85.0 Å². The zero-order chi connectivity index (χ0) is 22.9. The Labute approximate surface area is 191 Å². The van der Waals surface area contributed by atoms with Crippen molar-refractivity contribution >= 4 is 27.7 Å². The zero-order valence-electron chi connectivity index (χ0n) is 18.7. The van der Waals surface area contributed by atoms with E-state index in [0.29, 0.717) is 59.5 Å². The molecule has 1 saturated heterocycles. The van der Waals surface area contributed by atoms with E-state index in [-0.39, 0.29) is 18.4 Å². The molecule has 2 aromatic carbocycles. The summed E-state index contributed by atoms with van der Waals surface area (Å²) >= 11 is 0. The maximum absolute atomic E-state index is 13.1. The molecule has 5 rings (SSSR count). The fourth-order valence-electron chi connectivity index (χ4n) is 4.80. The molecule has 0 radical (unpaired) electrons. The van der Waals surface area contributed by atoms with Gasteiger partial charge < -0.3 is 19.0 Å². The predicted octanol–water partition coefficient (Wildman–Crippen LogP) is 4.59. The number of carbonyl (C=O) groups excluding carboxylic acids is 1. The molecule has 2 aromatic heterocycles. The largest absolute Gasteiger partial charge is 0.507 e. The van der Waals surface area contributed by atoms with Crippen molar-refractivity contribution in [3.8, 4) is 5.75 Å². The Balaban J connectivity index is 1.89. The normalized spacial score (nSPS) is 15.7. The molecule has 1 N–H and O–H groups in total. The van der Waals surface area contributed by atoms with Gasteiger partial charge in [0.1, 0.15) is 22.7 Å². The second-order valence-corrected chi connectivity index (χ2v) is 8.10. The first-order valence-electron chi connectivity index (χ1n) is 11.2. The minimum Gasteiger partial charge on any atom is -0.507 e. The van der Waals surface area contributed by atoms with E-state index in [0.717, 1.165) is 10.9 Å². The van der Waals surface area contributed by atoms with E-state index < -0.39 is 5.97 Å². The second-order valence-electron chi connectivity index (χ2n) is 8.10. The summed E-state index contributed by atoms with van der Waals surface area (Å²) in [5, 5.41) is 13.7. The smallest absolute Gasteiger partial charge is 0.342 e. The van der Waals surface area contributed by atoms with Crippen LogP contribution in [0.25, 0.3) is 21.7 Å². The standard InChI is InChI=1S/C26H26N2O5/c1-3-32-26(30)20-16(2)33-25-19-7-5-4-6-18(19)24(29)22(21(20)25)23(17-8-10-27-11-9-17)28-12-14-31-15-13-28/h4-11,23,29H,3,12-15H2,1-2H3/t23-/m1/s1. The minimum absolute atomic E-state index is 0.137. The lowest BCUT2D eigenvalue weighted by Gasteiger charge is -2.36. The molecule has 0 aliphatic carbocycles. The fourth-order valence-corrected chi connectivity index (χ4v) is 4.80. The number of nitrogens with zero attached hydrogens (tertiary/aromatic N) is 2. The summed E-state index contributed by atoms with van der Waals surface area (Å²) in [6, 6.07) is 11.1. The number of esters is 1. The van der Waals surface area contributed by atoms with E-state index in [1.807, 2.05) is 36.4 Å². The van der Waals surface area contributed by atoms with Crippen LogP contribution in [0.1, 0.15) is 40.2 Å². The number of aromatic hydroxyl groups is 1. The monoisotopic (exact) mass is 446 g/mol. The number of aromatic nitrogens is 1. The lowest BCUT2D eigenvalue weighted by Crippen LogP contribution is -2.39. The van der Waals surface area contributed by atoms with Crippen LogP contribution < -0.4 is 0 Å². The number of phenolic OH excluding ortho intramolecular Hbond substituents is 1. The van der Waals surface area contributed by atoms with Crippen LogP contribution in [0.15, 0.2) is 53.2 Å². The number of aryl methyl sites for hydroxylation is 1. The Morgan fingerprint density at radius 2 is 1.85 bits per heavy atom. The summed E-state index contributed by atoms with van der Waals surface area (Å²) in [6.07, 6.45) is 3.48. The number of ether oxygens (including phenoxy) is 2. The highest BCUT2D eigenvalue weighted by atomic mass is 16.5. The van der Waals surface area contributed by atoms with Crippen LogP contribution in [0.3, 0.4) is 0 Å². The van der Waals surface area contributed by atoms with Gasteiger partial charge in [0.25, 0.3) is 0 Å². The number of carbonyl (C=O) groups is 1. The van der Waals surface area contributed by atoms with Gasteiger partial charge in [-0.3, -0.25) is 9.88 Å². The number of hydrogen-bond donors (Lipinski definition) is 1. The number of phenols is 1. The Bertz CT molecular complexity index is 1310. The van der Waals surface area contributed by atoms with Crippen LogP contribution in [0.4, 0.5) is 0 Å². The molecule has 0 spiro atoms. The van der Waals surface area contributed by atoms with Crippen molar-refractivity contribution in [3.63, 3.8) is 0 Å². The number of morpholine rings is 1. The zero-order valence-corrected chi connectivity index (χ0v) is 18.7. The van der Waals surface area contributed by atoms with Crippen LogP contribution in [-0.2, 0) is 9.47 Å². The molecule has 1 aliphatic rings. The predicted molar refractivity (Wildman–Crippen MR) is 125 cm³/mol. The molecule has 0 bridgehead atoms. The van der Waals surface area contributed by atoms with Crippen molar-refractivity contribution in [2.45, 2.75) is 19.9 Å². The molecular formula is C26H26N2O5.